The van der Waals surface area contributed by atoms with Crippen molar-refractivity contribution in [3.8, 4) is 0 Å². The second-order valence-electron chi connectivity index (χ2n) is 5.19. The van der Waals surface area contributed by atoms with Crippen LogP contribution in [-0.2, 0) is 0 Å². The van der Waals surface area contributed by atoms with Gasteiger partial charge in [-0.1, -0.05) is 0 Å². The monoisotopic (exact) mass is 322 g/mol. The summed E-state index contributed by atoms with van der Waals surface area (Å²) in [5.74, 6) is 0.987. The predicted octanol–water partition coefficient (Wildman–Crippen LogP) is 1.40. The van der Waals surface area contributed by atoms with Gasteiger partial charge in [0.25, 0.3) is 0 Å². The van der Waals surface area contributed by atoms with Gasteiger partial charge in [0.15, 0.2) is 5.65 Å². The number of aromatic nitrogens is 4. The van der Waals surface area contributed by atoms with Gasteiger partial charge in [-0.3, -0.25) is 10.00 Å². The molecule has 1 aliphatic heterocycles. The normalized spacial score (nSPS) is 21.2. The highest BCUT2D eigenvalue weighted by molar-refractivity contribution is 9.10. The molecule has 2 aliphatic rings. The first-order valence-corrected chi connectivity index (χ1v) is 7.46. The van der Waals surface area contributed by atoms with Crippen LogP contribution in [0.3, 0.4) is 0 Å². The molecule has 4 rings (SSSR count). The number of nitrogens with zero attached hydrogens (tertiary/aromatic N) is 5. The summed E-state index contributed by atoms with van der Waals surface area (Å²) in [6.07, 6.45) is 4.36. The molecule has 1 saturated carbocycles. The molecule has 0 unspecified atom stereocenters. The van der Waals surface area contributed by atoms with Crippen LogP contribution in [0.2, 0.25) is 0 Å². The number of halogens is 1. The molecule has 0 amide bonds. The standard InChI is InChI=1S/C12H15BrN6/c13-10-9-11(17-16-10)14-7-15-12(9)19-5-3-18(4-6-19)8-1-2-8/h7-8H,1-6H2,(H,14,15,16,17). The van der Waals surface area contributed by atoms with E-state index in [1.165, 1.54) is 12.8 Å². The summed E-state index contributed by atoms with van der Waals surface area (Å²) in [5.41, 5.74) is 0.724. The predicted molar refractivity (Wildman–Crippen MR) is 76.2 cm³/mol. The van der Waals surface area contributed by atoms with E-state index in [2.05, 4.69) is 45.9 Å². The Morgan fingerprint density at radius 1 is 1.16 bits per heavy atom. The lowest BCUT2D eigenvalue weighted by molar-refractivity contribution is 0.248. The van der Waals surface area contributed by atoms with Crippen molar-refractivity contribution in [1.29, 1.82) is 0 Å². The summed E-state index contributed by atoms with van der Waals surface area (Å²) in [6, 6.07) is 0.855. The van der Waals surface area contributed by atoms with Crippen LogP contribution in [0.5, 0.6) is 0 Å². The van der Waals surface area contributed by atoms with Gasteiger partial charge in [-0.2, -0.15) is 5.10 Å². The number of hydrogen-bond donors (Lipinski definition) is 1. The van der Waals surface area contributed by atoms with Gasteiger partial charge in [0.2, 0.25) is 0 Å². The molecule has 2 aromatic heterocycles. The highest BCUT2D eigenvalue weighted by atomic mass is 79.9. The summed E-state index contributed by atoms with van der Waals surface area (Å²) < 4.78 is 0.864. The molecule has 2 aromatic rings. The Morgan fingerprint density at radius 2 is 1.95 bits per heavy atom. The summed E-state index contributed by atoms with van der Waals surface area (Å²) in [5, 5.41) is 8.08. The molecule has 1 saturated heterocycles. The van der Waals surface area contributed by atoms with Gasteiger partial charge in [-0.25, -0.2) is 9.97 Å². The van der Waals surface area contributed by atoms with E-state index in [0.717, 1.165) is 53.7 Å². The average Bonchev–Trinajstić information content (AvgIpc) is 3.23. The zero-order chi connectivity index (χ0) is 12.8. The zero-order valence-electron chi connectivity index (χ0n) is 10.5. The molecular weight excluding hydrogens is 308 g/mol. The molecule has 1 aliphatic carbocycles. The lowest BCUT2D eigenvalue weighted by Gasteiger charge is -2.35. The lowest BCUT2D eigenvalue weighted by Crippen LogP contribution is -2.47. The maximum absolute atomic E-state index is 4.46. The Labute approximate surface area is 119 Å². The fourth-order valence-corrected chi connectivity index (χ4v) is 3.23. The molecule has 0 spiro atoms. The molecule has 0 aromatic carbocycles. The van der Waals surface area contributed by atoms with Gasteiger partial charge in [0, 0.05) is 32.2 Å². The van der Waals surface area contributed by atoms with Crippen molar-refractivity contribution in [2.45, 2.75) is 18.9 Å². The topological polar surface area (TPSA) is 60.9 Å². The molecule has 3 heterocycles. The zero-order valence-corrected chi connectivity index (χ0v) is 12.1. The molecule has 7 heteroatoms. The minimum absolute atomic E-state index is 0.724. The van der Waals surface area contributed by atoms with Crippen LogP contribution >= 0.6 is 15.9 Å². The maximum atomic E-state index is 4.46. The number of nitrogens with one attached hydrogen (secondary N) is 1. The van der Waals surface area contributed by atoms with E-state index in [-0.39, 0.29) is 0 Å². The van der Waals surface area contributed by atoms with Crippen molar-refractivity contribution in [1.82, 2.24) is 25.1 Å². The van der Waals surface area contributed by atoms with Gasteiger partial charge in [0.1, 0.15) is 16.7 Å². The van der Waals surface area contributed by atoms with Gasteiger partial charge >= 0.3 is 0 Å². The van der Waals surface area contributed by atoms with Crippen LogP contribution < -0.4 is 4.90 Å². The van der Waals surface area contributed by atoms with Crippen LogP contribution in [0.1, 0.15) is 12.8 Å². The highest BCUT2D eigenvalue weighted by Gasteiger charge is 2.32. The molecule has 0 bridgehead atoms. The summed E-state index contributed by atoms with van der Waals surface area (Å²) in [7, 11) is 0. The summed E-state index contributed by atoms with van der Waals surface area (Å²) in [6.45, 7) is 4.32. The molecular formula is C12H15BrN6. The largest absolute Gasteiger partial charge is 0.353 e. The molecule has 0 radical (unpaired) electrons. The molecule has 19 heavy (non-hydrogen) atoms. The Kier molecular flexibility index (Phi) is 2.70. The summed E-state index contributed by atoms with van der Waals surface area (Å²) >= 11 is 3.49. The number of rotatable bonds is 2. The Bertz CT molecular complexity index is 599. The van der Waals surface area contributed by atoms with E-state index >= 15 is 0 Å². The van der Waals surface area contributed by atoms with Crippen molar-refractivity contribution < 1.29 is 0 Å². The van der Waals surface area contributed by atoms with E-state index in [0.29, 0.717) is 0 Å². The first-order valence-electron chi connectivity index (χ1n) is 6.66. The first kappa shape index (κ1) is 11.6. The minimum atomic E-state index is 0.724. The smallest absolute Gasteiger partial charge is 0.187 e. The second kappa shape index (κ2) is 4.42. The van der Waals surface area contributed by atoms with E-state index in [9.17, 15) is 0 Å². The highest BCUT2D eigenvalue weighted by Crippen LogP contribution is 2.31. The van der Waals surface area contributed by atoms with Crippen LogP contribution in [-0.4, -0.2) is 57.3 Å². The van der Waals surface area contributed by atoms with Gasteiger partial charge < -0.3 is 4.90 Å². The number of piperazine rings is 1. The van der Waals surface area contributed by atoms with E-state index in [1.54, 1.807) is 6.33 Å². The van der Waals surface area contributed by atoms with Crippen LogP contribution in [0.4, 0.5) is 5.82 Å². The third kappa shape index (κ3) is 2.01. The van der Waals surface area contributed by atoms with Crippen LogP contribution in [0.25, 0.3) is 11.0 Å². The fourth-order valence-electron chi connectivity index (χ4n) is 2.78. The van der Waals surface area contributed by atoms with Gasteiger partial charge in [-0.05, 0) is 28.8 Å². The molecule has 0 atom stereocenters. The number of H-pyrrole nitrogens is 1. The van der Waals surface area contributed by atoms with Crippen molar-refractivity contribution in [3.63, 3.8) is 0 Å². The minimum Gasteiger partial charge on any atom is -0.353 e. The number of fused-ring (bicyclic) bond motifs is 1. The quantitative estimate of drug-likeness (QED) is 0.905. The van der Waals surface area contributed by atoms with Gasteiger partial charge in [0.05, 0.1) is 5.39 Å². The molecule has 1 N–H and O–H groups in total. The molecule has 2 fully saturated rings. The van der Waals surface area contributed by atoms with Gasteiger partial charge in [-0.15, -0.1) is 0 Å². The van der Waals surface area contributed by atoms with E-state index in [4.69, 9.17) is 0 Å². The first-order chi connectivity index (χ1) is 9.33. The van der Waals surface area contributed by atoms with E-state index < -0.39 is 0 Å². The van der Waals surface area contributed by atoms with Crippen LogP contribution in [0, 0.1) is 0 Å². The Balaban J connectivity index is 1.62. The maximum Gasteiger partial charge on any atom is 0.187 e. The van der Waals surface area contributed by atoms with Crippen molar-refractivity contribution in [3.05, 3.63) is 10.9 Å². The number of aromatic amines is 1. The lowest BCUT2D eigenvalue weighted by atomic mass is 10.2. The van der Waals surface area contributed by atoms with Crippen molar-refractivity contribution in [2.75, 3.05) is 31.1 Å². The summed E-state index contributed by atoms with van der Waals surface area (Å²) in [4.78, 5) is 13.6. The Morgan fingerprint density at radius 3 is 2.68 bits per heavy atom. The molecule has 6 nitrogen and oxygen atoms in total. The van der Waals surface area contributed by atoms with E-state index in [1.807, 2.05) is 0 Å². The Hall–Kier alpha value is -1.21. The van der Waals surface area contributed by atoms with Crippen molar-refractivity contribution >= 4 is 32.8 Å². The third-order valence-corrected chi connectivity index (χ3v) is 4.54. The number of anilines is 1. The average molecular weight is 323 g/mol. The SMILES string of the molecule is Brc1[nH]nc2ncnc(N3CCN(C4CC4)CC3)c12. The second-order valence-corrected chi connectivity index (χ2v) is 5.98. The molecule has 100 valence electrons. The third-order valence-electron chi connectivity index (χ3n) is 3.96. The number of hydrogen-bond acceptors (Lipinski definition) is 5. The van der Waals surface area contributed by atoms with Crippen molar-refractivity contribution in [2.24, 2.45) is 0 Å². The van der Waals surface area contributed by atoms with Crippen LogP contribution in [0.15, 0.2) is 10.9 Å². The fraction of sp³-hybridized carbons (Fsp3) is 0.583.